The molecule has 0 aliphatic rings. The van der Waals surface area contributed by atoms with E-state index < -0.39 is 0 Å². The van der Waals surface area contributed by atoms with Gasteiger partial charge in [-0.15, -0.1) is 0 Å². The second-order valence-corrected chi connectivity index (χ2v) is 3.60. The summed E-state index contributed by atoms with van der Waals surface area (Å²) >= 11 is 0. The summed E-state index contributed by atoms with van der Waals surface area (Å²) < 4.78 is 4.90. The fourth-order valence-corrected chi connectivity index (χ4v) is 1.47. The summed E-state index contributed by atoms with van der Waals surface area (Å²) in [6.45, 7) is 12.9. The second-order valence-electron chi connectivity index (χ2n) is 3.60. The van der Waals surface area contributed by atoms with Crippen molar-refractivity contribution in [1.82, 2.24) is 4.90 Å². The minimum Gasteiger partial charge on any atom is -0.463 e. The molecule has 0 aromatic heterocycles. The Hall–Kier alpha value is -0.830. The van der Waals surface area contributed by atoms with E-state index in [1.807, 2.05) is 0 Å². The van der Waals surface area contributed by atoms with Gasteiger partial charge in [-0.25, -0.2) is 4.79 Å². The lowest BCUT2D eigenvalue weighted by Crippen LogP contribution is -2.29. The summed E-state index contributed by atoms with van der Waals surface area (Å²) in [6.07, 6.45) is 2.19. The maximum atomic E-state index is 11.3. The van der Waals surface area contributed by atoms with E-state index in [4.69, 9.17) is 4.74 Å². The summed E-state index contributed by atoms with van der Waals surface area (Å²) in [7, 11) is 0. The van der Waals surface area contributed by atoms with E-state index in [1.54, 1.807) is 6.92 Å². The molecule has 0 unspecified atom stereocenters. The highest BCUT2D eigenvalue weighted by molar-refractivity contribution is 5.88. The lowest BCUT2D eigenvalue weighted by atomic mass is 10.2. The average molecular weight is 213 g/mol. The van der Waals surface area contributed by atoms with Crippen LogP contribution in [0.15, 0.2) is 12.2 Å². The van der Waals surface area contributed by atoms with Gasteiger partial charge in [0.1, 0.15) is 0 Å². The molecule has 0 saturated heterocycles. The molecule has 0 spiro atoms. The van der Waals surface area contributed by atoms with Crippen molar-refractivity contribution in [3.63, 3.8) is 0 Å². The summed E-state index contributed by atoms with van der Waals surface area (Å²) in [4.78, 5) is 13.6. The largest absolute Gasteiger partial charge is 0.463 e. The third kappa shape index (κ3) is 6.28. The highest BCUT2D eigenvalue weighted by Gasteiger charge is 2.11. The highest BCUT2D eigenvalue weighted by atomic mass is 16.5. The number of hydrogen-bond acceptors (Lipinski definition) is 3. The molecular weight excluding hydrogens is 190 g/mol. The van der Waals surface area contributed by atoms with Crippen LogP contribution >= 0.6 is 0 Å². The molecule has 3 heteroatoms. The Kier molecular flexibility index (Phi) is 8.01. The van der Waals surface area contributed by atoms with Crippen LogP contribution in [0.1, 0.15) is 33.6 Å². The molecule has 0 fully saturated rings. The van der Waals surface area contributed by atoms with Crippen LogP contribution in [-0.2, 0) is 9.53 Å². The van der Waals surface area contributed by atoms with Crippen LogP contribution in [-0.4, -0.2) is 37.1 Å². The molecule has 0 aliphatic heterocycles. The monoisotopic (exact) mass is 213 g/mol. The van der Waals surface area contributed by atoms with Crippen molar-refractivity contribution in [2.75, 3.05) is 26.2 Å². The molecule has 0 atom stereocenters. The predicted molar refractivity (Wildman–Crippen MR) is 62.8 cm³/mol. The summed E-state index contributed by atoms with van der Waals surface area (Å²) in [5.74, 6) is -0.269. The number of carbonyl (C=O) groups excluding carboxylic acids is 1. The molecule has 88 valence electrons. The zero-order valence-electron chi connectivity index (χ0n) is 10.2. The zero-order valence-corrected chi connectivity index (χ0v) is 10.2. The molecule has 3 nitrogen and oxygen atoms in total. The molecule has 0 amide bonds. The molecule has 0 aromatic carbocycles. The Bertz CT molecular complexity index is 196. The number of esters is 1. The Morgan fingerprint density at radius 1 is 1.20 bits per heavy atom. The average Bonchev–Trinajstić information content (AvgIpc) is 2.18. The zero-order chi connectivity index (χ0) is 11.7. The van der Waals surface area contributed by atoms with Crippen LogP contribution in [0.4, 0.5) is 0 Å². The molecular formula is C12H23NO2. The smallest absolute Gasteiger partial charge is 0.334 e. The maximum Gasteiger partial charge on any atom is 0.334 e. The Morgan fingerprint density at radius 2 is 1.73 bits per heavy atom. The van der Waals surface area contributed by atoms with Gasteiger partial charge in [-0.05, 0) is 32.9 Å². The van der Waals surface area contributed by atoms with Crippen LogP contribution in [0.5, 0.6) is 0 Å². The van der Waals surface area contributed by atoms with E-state index in [-0.39, 0.29) is 5.97 Å². The van der Waals surface area contributed by atoms with E-state index in [9.17, 15) is 4.79 Å². The molecule has 0 N–H and O–H groups in total. The van der Waals surface area contributed by atoms with Crippen molar-refractivity contribution in [2.24, 2.45) is 0 Å². The lowest BCUT2D eigenvalue weighted by molar-refractivity contribution is -0.138. The first-order chi connectivity index (χ1) is 7.15. The lowest BCUT2D eigenvalue weighted by Gasteiger charge is -2.21. The fourth-order valence-electron chi connectivity index (χ4n) is 1.47. The van der Waals surface area contributed by atoms with Gasteiger partial charge in [-0.1, -0.05) is 20.4 Å². The molecule has 0 aromatic rings. The number of ether oxygens (including phenoxy) is 1. The van der Waals surface area contributed by atoms with Gasteiger partial charge in [-0.2, -0.15) is 0 Å². The first-order valence-corrected chi connectivity index (χ1v) is 5.72. The summed E-state index contributed by atoms with van der Waals surface area (Å²) in [5, 5.41) is 0. The van der Waals surface area contributed by atoms with E-state index in [1.165, 1.54) is 0 Å². The van der Waals surface area contributed by atoms with E-state index in [0.717, 1.165) is 25.9 Å². The van der Waals surface area contributed by atoms with Crippen LogP contribution in [0.25, 0.3) is 0 Å². The first-order valence-electron chi connectivity index (χ1n) is 5.72. The summed E-state index contributed by atoms with van der Waals surface area (Å²) in [6, 6.07) is 0. The number of rotatable bonds is 8. The molecule has 0 saturated carbocycles. The third-order valence-corrected chi connectivity index (χ3v) is 2.06. The Labute approximate surface area is 93.1 Å². The van der Waals surface area contributed by atoms with Gasteiger partial charge >= 0.3 is 5.97 Å². The van der Waals surface area contributed by atoms with Gasteiger partial charge < -0.3 is 4.74 Å². The van der Waals surface area contributed by atoms with Crippen LogP contribution in [0.3, 0.4) is 0 Å². The molecule has 0 heterocycles. The van der Waals surface area contributed by atoms with Crippen molar-refractivity contribution in [1.29, 1.82) is 0 Å². The maximum absolute atomic E-state index is 11.3. The third-order valence-electron chi connectivity index (χ3n) is 2.06. The van der Waals surface area contributed by atoms with Gasteiger partial charge in [-0.3, -0.25) is 4.90 Å². The highest BCUT2D eigenvalue weighted by Crippen LogP contribution is 2.02. The molecule has 0 aliphatic carbocycles. The fraction of sp³-hybridized carbons (Fsp3) is 0.750. The number of carbonyl (C=O) groups is 1. The minimum atomic E-state index is -0.269. The van der Waals surface area contributed by atoms with E-state index in [0.29, 0.717) is 18.7 Å². The van der Waals surface area contributed by atoms with Gasteiger partial charge in [0.25, 0.3) is 0 Å². The van der Waals surface area contributed by atoms with Crippen molar-refractivity contribution < 1.29 is 9.53 Å². The summed E-state index contributed by atoms with van der Waals surface area (Å²) in [5.41, 5.74) is 0.554. The van der Waals surface area contributed by atoms with Gasteiger partial charge in [0, 0.05) is 12.1 Å². The van der Waals surface area contributed by atoms with Crippen LogP contribution < -0.4 is 0 Å². The SMILES string of the molecule is C=C(CN(CCC)CCC)C(=O)OCC. The van der Waals surface area contributed by atoms with E-state index in [2.05, 4.69) is 25.3 Å². The quantitative estimate of drug-likeness (QED) is 0.457. The Morgan fingerprint density at radius 3 is 2.13 bits per heavy atom. The number of nitrogens with zero attached hydrogens (tertiary/aromatic N) is 1. The van der Waals surface area contributed by atoms with Crippen molar-refractivity contribution in [3.05, 3.63) is 12.2 Å². The second kappa shape index (κ2) is 8.48. The predicted octanol–water partition coefficient (Wildman–Crippen LogP) is 2.23. The Balaban J connectivity index is 4.03. The van der Waals surface area contributed by atoms with Crippen molar-refractivity contribution in [2.45, 2.75) is 33.6 Å². The van der Waals surface area contributed by atoms with Crippen molar-refractivity contribution >= 4 is 5.97 Å². The topological polar surface area (TPSA) is 29.5 Å². The van der Waals surface area contributed by atoms with E-state index >= 15 is 0 Å². The standard InChI is InChI=1S/C12H23NO2/c1-5-8-13(9-6-2)10-11(4)12(14)15-7-3/h4-10H2,1-3H3. The van der Waals surface area contributed by atoms with Crippen molar-refractivity contribution in [3.8, 4) is 0 Å². The van der Waals surface area contributed by atoms with Crippen LogP contribution in [0.2, 0.25) is 0 Å². The molecule has 15 heavy (non-hydrogen) atoms. The molecule has 0 bridgehead atoms. The minimum absolute atomic E-state index is 0.269. The van der Waals surface area contributed by atoms with Crippen LogP contribution in [0, 0.1) is 0 Å². The van der Waals surface area contributed by atoms with Gasteiger partial charge in [0.2, 0.25) is 0 Å². The van der Waals surface area contributed by atoms with Gasteiger partial charge in [0.05, 0.1) is 6.61 Å². The molecule has 0 rings (SSSR count). The van der Waals surface area contributed by atoms with Gasteiger partial charge in [0.15, 0.2) is 0 Å². The first kappa shape index (κ1) is 14.2. The molecule has 0 radical (unpaired) electrons. The normalized spacial score (nSPS) is 10.4. The number of hydrogen-bond donors (Lipinski definition) is 0.